The number of nitrogens with zero attached hydrogens (tertiary/aromatic N) is 5. The Morgan fingerprint density at radius 3 is 2.24 bits per heavy atom. The molecule has 1 aromatic carbocycles. The molecular weight excluding hydrogens is 615 g/mol. The number of carboxylic acids is 1. The molecule has 0 spiro atoms. The molecule has 242 valence electrons. The number of hydrogen-bond acceptors (Lipinski definition) is 9. The second-order valence-electron chi connectivity index (χ2n) is 10.3. The van der Waals surface area contributed by atoms with Crippen molar-refractivity contribution < 1.29 is 43.0 Å². The van der Waals surface area contributed by atoms with Gasteiger partial charge in [0, 0.05) is 62.9 Å². The van der Waals surface area contributed by atoms with Gasteiger partial charge in [0.15, 0.2) is 0 Å². The molecule has 0 saturated carbocycles. The van der Waals surface area contributed by atoms with Crippen LogP contribution in [0.25, 0.3) is 0 Å². The number of piperazine rings is 2. The van der Waals surface area contributed by atoms with Crippen LogP contribution >= 0.6 is 12.4 Å². The van der Waals surface area contributed by atoms with Crippen molar-refractivity contribution in [3.05, 3.63) is 60.2 Å². The quantitative estimate of drug-likeness (QED) is 0.339. The summed E-state index contributed by atoms with van der Waals surface area (Å²) in [6.07, 6.45) is 2.34. The highest BCUT2D eigenvalue weighted by molar-refractivity contribution is 6.01. The summed E-state index contributed by atoms with van der Waals surface area (Å²) in [5.41, 5.74) is 0.992. The number of benzene rings is 1. The largest absolute Gasteiger partial charge is 0.480 e. The van der Waals surface area contributed by atoms with Crippen molar-refractivity contribution in [2.75, 3.05) is 57.8 Å². The van der Waals surface area contributed by atoms with Gasteiger partial charge in [-0.3, -0.25) is 33.8 Å². The number of carbonyl (C=O) groups excluding carboxylic acids is 5. The molecule has 0 radical (unpaired) electrons. The lowest BCUT2D eigenvalue weighted by Gasteiger charge is -2.41. The second-order valence-corrected chi connectivity index (χ2v) is 10.3. The minimum atomic E-state index is -1.45. The van der Waals surface area contributed by atoms with Gasteiger partial charge in [0.1, 0.15) is 24.4 Å². The Balaban J connectivity index is 0.00000552. The van der Waals surface area contributed by atoms with Crippen LogP contribution in [-0.4, -0.2) is 125 Å². The van der Waals surface area contributed by atoms with Gasteiger partial charge in [0.25, 0.3) is 5.91 Å². The SMILES string of the molecule is COC(=O)CC1C(=O)N(CC(=O)O)CCN1C(=O)C(CC(=O)N1CCN(c2ccncc2)CC1)NC(=O)c1ccc(F)cc1.Cl. The molecule has 2 atom stereocenters. The summed E-state index contributed by atoms with van der Waals surface area (Å²) in [7, 11) is 1.11. The third kappa shape index (κ3) is 8.88. The highest BCUT2D eigenvalue weighted by Crippen LogP contribution is 2.20. The lowest BCUT2D eigenvalue weighted by Crippen LogP contribution is -2.63. The number of aromatic nitrogens is 1. The Labute approximate surface area is 264 Å². The van der Waals surface area contributed by atoms with Crippen LogP contribution in [0.1, 0.15) is 23.2 Å². The summed E-state index contributed by atoms with van der Waals surface area (Å²) in [5, 5.41) is 11.8. The molecule has 4 amide bonds. The first-order valence-corrected chi connectivity index (χ1v) is 13.9. The van der Waals surface area contributed by atoms with E-state index in [1.54, 1.807) is 17.3 Å². The van der Waals surface area contributed by atoms with E-state index in [0.29, 0.717) is 26.2 Å². The zero-order chi connectivity index (χ0) is 31.8. The molecular formula is C29H34ClFN6O8. The average molecular weight is 649 g/mol. The van der Waals surface area contributed by atoms with Gasteiger partial charge in [0.2, 0.25) is 17.7 Å². The standard InChI is InChI=1S/C29H33FN6O8.ClH/c1-44-26(40)17-23-29(43)35(18-25(38)39)14-15-36(23)28(42)22(32-27(41)19-2-4-20(30)5-3-19)16-24(37)34-12-10-33(11-13-34)21-6-8-31-9-7-21;/h2-9,22-23H,10-18H2,1H3,(H,32,41)(H,38,39);1H. The van der Waals surface area contributed by atoms with Crippen molar-refractivity contribution in [3.8, 4) is 0 Å². The molecule has 2 aromatic rings. The molecule has 14 nitrogen and oxygen atoms in total. The summed E-state index contributed by atoms with van der Waals surface area (Å²) < 4.78 is 18.2. The maximum absolute atomic E-state index is 14.0. The van der Waals surface area contributed by atoms with E-state index in [-0.39, 0.29) is 31.1 Å². The first kappa shape index (κ1) is 34.7. The fourth-order valence-electron chi connectivity index (χ4n) is 5.18. The van der Waals surface area contributed by atoms with Gasteiger partial charge in [0.05, 0.1) is 20.0 Å². The summed E-state index contributed by atoms with van der Waals surface area (Å²) in [5.74, 6) is -5.40. The molecule has 16 heteroatoms. The fourth-order valence-corrected chi connectivity index (χ4v) is 5.18. The van der Waals surface area contributed by atoms with Crippen LogP contribution in [0.3, 0.4) is 0 Å². The average Bonchev–Trinajstić information content (AvgIpc) is 3.02. The molecule has 2 aliphatic heterocycles. The van der Waals surface area contributed by atoms with Crippen molar-refractivity contribution in [1.29, 1.82) is 0 Å². The molecule has 45 heavy (non-hydrogen) atoms. The molecule has 2 N–H and O–H groups in total. The highest BCUT2D eigenvalue weighted by atomic mass is 35.5. The van der Waals surface area contributed by atoms with Gasteiger partial charge >= 0.3 is 11.9 Å². The molecule has 3 heterocycles. The van der Waals surface area contributed by atoms with Crippen LogP contribution < -0.4 is 10.2 Å². The van der Waals surface area contributed by atoms with Crippen LogP contribution in [0.5, 0.6) is 0 Å². The number of esters is 1. The number of carbonyl (C=O) groups is 6. The summed E-state index contributed by atoms with van der Waals surface area (Å²) in [4.78, 5) is 86.9. The number of aliphatic carboxylic acids is 1. The minimum Gasteiger partial charge on any atom is -0.480 e. The molecule has 2 fully saturated rings. The fraction of sp³-hybridized carbons (Fsp3) is 0.414. The molecule has 2 aliphatic rings. The van der Waals surface area contributed by atoms with Crippen LogP contribution in [0.15, 0.2) is 48.8 Å². The van der Waals surface area contributed by atoms with Crippen molar-refractivity contribution in [2.45, 2.75) is 24.9 Å². The maximum Gasteiger partial charge on any atom is 0.323 e. The van der Waals surface area contributed by atoms with Gasteiger partial charge in [-0.2, -0.15) is 0 Å². The van der Waals surface area contributed by atoms with Gasteiger partial charge < -0.3 is 34.8 Å². The van der Waals surface area contributed by atoms with Crippen LogP contribution in [-0.2, 0) is 28.7 Å². The Bertz CT molecular complexity index is 1390. The summed E-state index contributed by atoms with van der Waals surface area (Å²) in [6.45, 7) is 0.832. The van der Waals surface area contributed by atoms with Gasteiger partial charge in [-0.1, -0.05) is 0 Å². The monoisotopic (exact) mass is 648 g/mol. The Kier molecular flexibility index (Phi) is 12.2. The predicted octanol–water partition coefficient (Wildman–Crippen LogP) is 0.167. The van der Waals surface area contributed by atoms with Crippen molar-refractivity contribution in [1.82, 2.24) is 25.0 Å². The van der Waals surface area contributed by atoms with E-state index in [9.17, 15) is 38.3 Å². The zero-order valence-corrected chi connectivity index (χ0v) is 25.3. The van der Waals surface area contributed by atoms with E-state index < -0.39 is 72.9 Å². The number of pyridine rings is 1. The van der Waals surface area contributed by atoms with Gasteiger partial charge in [-0.05, 0) is 36.4 Å². The van der Waals surface area contributed by atoms with Crippen molar-refractivity contribution >= 4 is 53.7 Å². The van der Waals surface area contributed by atoms with Crippen LogP contribution in [0.4, 0.5) is 10.1 Å². The normalized spacial score (nSPS) is 17.2. The third-order valence-electron chi connectivity index (χ3n) is 7.53. The number of anilines is 1. The van der Waals surface area contributed by atoms with Crippen molar-refractivity contribution in [3.63, 3.8) is 0 Å². The smallest absolute Gasteiger partial charge is 0.323 e. The highest BCUT2D eigenvalue weighted by Gasteiger charge is 2.42. The Hall–Kier alpha value is -4.79. The van der Waals surface area contributed by atoms with E-state index in [1.165, 1.54) is 12.1 Å². The molecule has 2 saturated heterocycles. The number of methoxy groups -OCH3 is 1. The topological polar surface area (TPSA) is 170 Å². The number of ether oxygens (including phenoxy) is 1. The predicted molar refractivity (Wildman–Crippen MR) is 159 cm³/mol. The van der Waals surface area contributed by atoms with E-state index in [1.807, 2.05) is 12.1 Å². The first-order valence-electron chi connectivity index (χ1n) is 13.9. The Morgan fingerprint density at radius 2 is 1.64 bits per heavy atom. The van der Waals surface area contributed by atoms with Crippen LogP contribution in [0, 0.1) is 5.82 Å². The van der Waals surface area contributed by atoms with Gasteiger partial charge in [-0.25, -0.2) is 4.39 Å². The first-order chi connectivity index (χ1) is 21.1. The zero-order valence-electron chi connectivity index (χ0n) is 24.5. The van der Waals surface area contributed by atoms with Crippen molar-refractivity contribution in [2.24, 2.45) is 0 Å². The molecule has 4 rings (SSSR count). The number of halogens is 2. The maximum atomic E-state index is 14.0. The molecule has 1 aromatic heterocycles. The number of hydrogen-bond donors (Lipinski definition) is 2. The Morgan fingerprint density at radius 1 is 1.00 bits per heavy atom. The minimum absolute atomic E-state index is 0. The number of nitrogens with one attached hydrogen (secondary N) is 1. The molecule has 0 bridgehead atoms. The summed E-state index contributed by atoms with van der Waals surface area (Å²) in [6, 6.07) is 5.46. The van der Waals surface area contributed by atoms with E-state index in [4.69, 9.17) is 4.74 Å². The molecule has 2 unspecified atom stereocenters. The number of carboxylic acid groups (broad SMARTS) is 1. The third-order valence-corrected chi connectivity index (χ3v) is 7.53. The number of amides is 4. The summed E-state index contributed by atoms with van der Waals surface area (Å²) >= 11 is 0. The van der Waals surface area contributed by atoms with Crippen LogP contribution in [0.2, 0.25) is 0 Å². The van der Waals surface area contributed by atoms with E-state index >= 15 is 0 Å². The van der Waals surface area contributed by atoms with E-state index in [0.717, 1.165) is 34.7 Å². The number of rotatable bonds is 10. The lowest BCUT2D eigenvalue weighted by molar-refractivity contribution is -0.159. The lowest BCUT2D eigenvalue weighted by atomic mass is 10.0. The second kappa shape index (κ2) is 15.8. The van der Waals surface area contributed by atoms with E-state index in [2.05, 4.69) is 15.2 Å². The van der Waals surface area contributed by atoms with Gasteiger partial charge in [-0.15, -0.1) is 12.4 Å². The molecule has 0 aliphatic carbocycles.